The molecule has 0 aromatic heterocycles. The highest BCUT2D eigenvalue weighted by Crippen LogP contribution is 2.31. The highest BCUT2D eigenvalue weighted by Gasteiger charge is 2.17. The van der Waals surface area contributed by atoms with Crippen LogP contribution in [0.2, 0.25) is 0 Å². The van der Waals surface area contributed by atoms with Crippen molar-refractivity contribution in [2.24, 2.45) is 5.84 Å². The smallest absolute Gasteiger partial charge is 0.124 e. The van der Waals surface area contributed by atoms with Gasteiger partial charge in [-0.3, -0.25) is 5.84 Å². The van der Waals surface area contributed by atoms with Crippen molar-refractivity contribution in [2.45, 2.75) is 6.04 Å². The van der Waals surface area contributed by atoms with E-state index in [0.29, 0.717) is 0 Å². The molecule has 1 unspecified atom stereocenters. The van der Waals surface area contributed by atoms with E-state index in [9.17, 15) is 4.39 Å². The molecule has 0 fully saturated rings. The minimum Gasteiger partial charge on any atom is -0.271 e. The van der Waals surface area contributed by atoms with Crippen LogP contribution in [0.15, 0.2) is 60.7 Å². The summed E-state index contributed by atoms with van der Waals surface area (Å²) < 4.78 is 14.2. The molecular weight excluding hydrogens is 378 g/mol. The second-order valence-corrected chi connectivity index (χ2v) is 6.00. The minimum absolute atomic E-state index is 0.177. The van der Waals surface area contributed by atoms with Crippen LogP contribution >= 0.6 is 22.6 Å². The van der Waals surface area contributed by atoms with Crippen LogP contribution in [0.25, 0.3) is 10.8 Å². The van der Waals surface area contributed by atoms with Gasteiger partial charge in [-0.15, -0.1) is 0 Å². The van der Waals surface area contributed by atoms with Gasteiger partial charge in [-0.2, -0.15) is 0 Å². The van der Waals surface area contributed by atoms with Gasteiger partial charge in [0.25, 0.3) is 0 Å². The first kappa shape index (κ1) is 14.4. The van der Waals surface area contributed by atoms with Crippen molar-refractivity contribution in [3.05, 3.63) is 81.2 Å². The molecule has 0 saturated carbocycles. The van der Waals surface area contributed by atoms with Gasteiger partial charge in [0.05, 0.1) is 6.04 Å². The maximum atomic E-state index is 13.3. The van der Waals surface area contributed by atoms with Gasteiger partial charge >= 0.3 is 0 Å². The molecule has 106 valence electrons. The van der Waals surface area contributed by atoms with E-state index in [1.807, 2.05) is 24.3 Å². The van der Waals surface area contributed by atoms with Crippen LogP contribution in [-0.4, -0.2) is 0 Å². The third kappa shape index (κ3) is 2.79. The monoisotopic (exact) mass is 392 g/mol. The predicted octanol–water partition coefficient (Wildman–Crippen LogP) is 4.14. The summed E-state index contributed by atoms with van der Waals surface area (Å²) in [5.41, 5.74) is 4.91. The van der Waals surface area contributed by atoms with E-state index in [2.05, 4.69) is 46.2 Å². The molecule has 21 heavy (non-hydrogen) atoms. The zero-order valence-corrected chi connectivity index (χ0v) is 13.3. The second kappa shape index (κ2) is 6.09. The van der Waals surface area contributed by atoms with Crippen LogP contribution in [0, 0.1) is 9.39 Å². The normalized spacial score (nSPS) is 12.5. The van der Waals surface area contributed by atoms with E-state index < -0.39 is 0 Å². The zero-order chi connectivity index (χ0) is 14.8. The van der Waals surface area contributed by atoms with E-state index in [1.165, 1.54) is 12.1 Å². The molecule has 0 heterocycles. The maximum absolute atomic E-state index is 13.3. The standard InChI is InChI=1S/C17H14FIN2/c18-12-8-9-15(16(19)10-12)17(21-20)14-7-3-5-11-4-1-2-6-13(11)14/h1-10,17,21H,20H2. The Morgan fingerprint density at radius 1 is 0.952 bits per heavy atom. The van der Waals surface area contributed by atoms with Crippen LogP contribution in [0.4, 0.5) is 4.39 Å². The van der Waals surface area contributed by atoms with Gasteiger partial charge in [-0.1, -0.05) is 48.5 Å². The Labute approximate surface area is 136 Å². The molecule has 3 aromatic rings. The Balaban J connectivity index is 2.18. The number of hydrogen-bond acceptors (Lipinski definition) is 2. The summed E-state index contributed by atoms with van der Waals surface area (Å²) in [6.07, 6.45) is 0. The van der Waals surface area contributed by atoms with Gasteiger partial charge in [0.15, 0.2) is 0 Å². The fraction of sp³-hybridized carbons (Fsp3) is 0.0588. The Bertz CT molecular complexity index is 783. The van der Waals surface area contributed by atoms with Crippen molar-refractivity contribution in [3.8, 4) is 0 Å². The first-order chi connectivity index (χ1) is 10.2. The molecule has 2 nitrogen and oxygen atoms in total. The summed E-state index contributed by atoms with van der Waals surface area (Å²) in [5.74, 6) is 5.55. The first-order valence-corrected chi connectivity index (χ1v) is 7.67. The molecule has 3 N–H and O–H groups in total. The molecule has 0 amide bonds. The number of benzene rings is 3. The topological polar surface area (TPSA) is 38.0 Å². The van der Waals surface area contributed by atoms with Crippen molar-refractivity contribution in [2.75, 3.05) is 0 Å². The zero-order valence-electron chi connectivity index (χ0n) is 11.2. The summed E-state index contributed by atoms with van der Waals surface area (Å²) in [4.78, 5) is 0. The number of rotatable bonds is 3. The van der Waals surface area contributed by atoms with E-state index in [0.717, 1.165) is 25.5 Å². The fourth-order valence-electron chi connectivity index (χ4n) is 2.58. The molecule has 3 aromatic carbocycles. The van der Waals surface area contributed by atoms with Crippen LogP contribution in [0.1, 0.15) is 17.2 Å². The van der Waals surface area contributed by atoms with Crippen LogP contribution < -0.4 is 11.3 Å². The number of nitrogens with one attached hydrogen (secondary N) is 1. The lowest BCUT2D eigenvalue weighted by Gasteiger charge is -2.20. The molecule has 0 saturated heterocycles. The number of hydrogen-bond donors (Lipinski definition) is 2. The summed E-state index contributed by atoms with van der Waals surface area (Å²) in [7, 11) is 0. The molecule has 0 radical (unpaired) electrons. The summed E-state index contributed by atoms with van der Waals surface area (Å²) in [6, 6.07) is 18.9. The molecule has 0 bridgehead atoms. The third-order valence-corrected chi connectivity index (χ3v) is 4.51. The van der Waals surface area contributed by atoms with E-state index in [1.54, 1.807) is 6.07 Å². The highest BCUT2D eigenvalue weighted by atomic mass is 127. The Hall–Kier alpha value is -1.50. The lowest BCUT2D eigenvalue weighted by atomic mass is 9.94. The van der Waals surface area contributed by atoms with Crippen molar-refractivity contribution >= 4 is 33.4 Å². The average Bonchev–Trinajstić information content (AvgIpc) is 2.50. The summed E-state index contributed by atoms with van der Waals surface area (Å²) in [6.45, 7) is 0. The highest BCUT2D eigenvalue weighted by molar-refractivity contribution is 14.1. The predicted molar refractivity (Wildman–Crippen MR) is 92.2 cm³/mol. The van der Waals surface area contributed by atoms with Crippen LogP contribution in [0.3, 0.4) is 0 Å². The Morgan fingerprint density at radius 2 is 1.71 bits per heavy atom. The van der Waals surface area contributed by atoms with E-state index in [4.69, 9.17) is 5.84 Å². The van der Waals surface area contributed by atoms with Gasteiger partial charge in [-0.25, -0.2) is 9.82 Å². The van der Waals surface area contributed by atoms with Crippen molar-refractivity contribution in [1.82, 2.24) is 5.43 Å². The lowest BCUT2D eigenvalue weighted by molar-refractivity contribution is 0.614. The van der Waals surface area contributed by atoms with Gasteiger partial charge < -0.3 is 0 Å². The molecule has 1 atom stereocenters. The molecular formula is C17H14FIN2. The number of hydrazine groups is 1. The number of nitrogens with two attached hydrogens (primary N) is 1. The van der Waals surface area contributed by atoms with Crippen LogP contribution in [0.5, 0.6) is 0 Å². The van der Waals surface area contributed by atoms with Gasteiger partial charge in [0.2, 0.25) is 0 Å². The van der Waals surface area contributed by atoms with E-state index >= 15 is 0 Å². The molecule has 0 aliphatic carbocycles. The second-order valence-electron chi connectivity index (χ2n) is 4.83. The number of halogens is 2. The molecule has 0 aliphatic heterocycles. The molecule has 4 heteroatoms. The average molecular weight is 392 g/mol. The Kier molecular flexibility index (Phi) is 4.19. The fourth-order valence-corrected chi connectivity index (χ4v) is 3.37. The number of fused-ring (bicyclic) bond motifs is 1. The van der Waals surface area contributed by atoms with E-state index in [-0.39, 0.29) is 11.9 Å². The largest absolute Gasteiger partial charge is 0.271 e. The quantitative estimate of drug-likeness (QED) is 0.400. The molecule has 0 spiro atoms. The molecule has 0 aliphatic rings. The SMILES string of the molecule is NNC(c1ccc(F)cc1I)c1cccc2ccccc12. The third-order valence-electron chi connectivity index (χ3n) is 3.57. The summed E-state index contributed by atoms with van der Waals surface area (Å²) >= 11 is 2.14. The van der Waals surface area contributed by atoms with Crippen LogP contribution in [-0.2, 0) is 0 Å². The first-order valence-electron chi connectivity index (χ1n) is 6.59. The van der Waals surface area contributed by atoms with Crippen molar-refractivity contribution in [1.29, 1.82) is 0 Å². The lowest BCUT2D eigenvalue weighted by Crippen LogP contribution is -2.29. The summed E-state index contributed by atoms with van der Waals surface area (Å²) in [5, 5.41) is 2.30. The Morgan fingerprint density at radius 3 is 2.48 bits per heavy atom. The van der Waals surface area contributed by atoms with Crippen molar-refractivity contribution in [3.63, 3.8) is 0 Å². The van der Waals surface area contributed by atoms with Crippen molar-refractivity contribution < 1.29 is 4.39 Å². The van der Waals surface area contributed by atoms with Gasteiger partial charge in [-0.05, 0) is 56.6 Å². The molecule has 3 rings (SSSR count). The van der Waals surface area contributed by atoms with Gasteiger partial charge in [0, 0.05) is 3.57 Å². The van der Waals surface area contributed by atoms with Gasteiger partial charge in [0.1, 0.15) is 5.82 Å². The maximum Gasteiger partial charge on any atom is 0.124 e. The minimum atomic E-state index is -0.239.